The maximum absolute atomic E-state index is 11.5. The van der Waals surface area contributed by atoms with Gasteiger partial charge in [0, 0.05) is 24.8 Å². The average molecular weight is 292 g/mol. The molecule has 7 heteroatoms. The van der Waals surface area contributed by atoms with Gasteiger partial charge in [-0.1, -0.05) is 12.1 Å². The molecule has 1 atom stereocenters. The molecule has 1 aromatic carbocycles. The lowest BCUT2D eigenvalue weighted by molar-refractivity contribution is -0.384. The van der Waals surface area contributed by atoms with Gasteiger partial charge < -0.3 is 10.1 Å². The van der Waals surface area contributed by atoms with E-state index in [9.17, 15) is 19.7 Å². The lowest BCUT2D eigenvalue weighted by Crippen LogP contribution is -2.35. The van der Waals surface area contributed by atoms with Gasteiger partial charge in [0.15, 0.2) is 6.10 Å². The van der Waals surface area contributed by atoms with E-state index >= 15 is 0 Å². The first-order chi connectivity index (χ1) is 9.93. The maximum atomic E-state index is 11.5. The van der Waals surface area contributed by atoms with Crippen molar-refractivity contribution in [3.05, 3.63) is 46.0 Å². The van der Waals surface area contributed by atoms with Gasteiger partial charge >= 0.3 is 5.97 Å². The molecular weight excluding hydrogens is 276 g/mol. The molecule has 1 N–H and O–H groups in total. The fourth-order valence-corrected chi connectivity index (χ4v) is 1.49. The van der Waals surface area contributed by atoms with E-state index in [2.05, 4.69) is 5.32 Å². The third-order valence-electron chi connectivity index (χ3n) is 2.51. The molecule has 0 spiro atoms. The molecular formula is C14H16N2O5. The van der Waals surface area contributed by atoms with E-state index in [0.717, 1.165) is 6.08 Å². The van der Waals surface area contributed by atoms with Crippen LogP contribution in [0.25, 0.3) is 6.08 Å². The second-order valence-corrected chi connectivity index (χ2v) is 4.16. The molecule has 0 unspecified atom stereocenters. The van der Waals surface area contributed by atoms with Crippen LogP contribution in [0.5, 0.6) is 0 Å². The number of rotatable bonds is 6. The summed E-state index contributed by atoms with van der Waals surface area (Å²) in [4.78, 5) is 33.0. The minimum atomic E-state index is -0.896. The van der Waals surface area contributed by atoms with Crippen LogP contribution in [0.4, 0.5) is 5.69 Å². The first-order valence-corrected chi connectivity index (χ1v) is 6.35. The van der Waals surface area contributed by atoms with Gasteiger partial charge in [0.25, 0.3) is 11.6 Å². The Kier molecular flexibility index (Phi) is 6.06. The highest BCUT2D eigenvalue weighted by atomic mass is 16.6. The molecule has 0 aliphatic carbocycles. The van der Waals surface area contributed by atoms with Crippen molar-refractivity contribution >= 4 is 23.6 Å². The lowest BCUT2D eigenvalue weighted by atomic mass is 10.2. The van der Waals surface area contributed by atoms with Crippen molar-refractivity contribution in [2.24, 2.45) is 0 Å². The quantitative estimate of drug-likeness (QED) is 0.372. The number of benzene rings is 1. The van der Waals surface area contributed by atoms with Crippen LogP contribution in [-0.4, -0.2) is 29.4 Å². The van der Waals surface area contributed by atoms with Crippen LogP contribution < -0.4 is 5.32 Å². The SMILES string of the molecule is CCNC(=O)[C@H](C)OC(=O)/C=C/c1cccc([N+](=O)[O-])c1. The van der Waals surface area contributed by atoms with Crippen molar-refractivity contribution in [3.63, 3.8) is 0 Å². The molecule has 0 fully saturated rings. The van der Waals surface area contributed by atoms with Gasteiger partial charge in [-0.15, -0.1) is 0 Å². The molecule has 0 aromatic heterocycles. The second-order valence-electron chi connectivity index (χ2n) is 4.16. The number of ether oxygens (including phenoxy) is 1. The summed E-state index contributed by atoms with van der Waals surface area (Å²) in [5.41, 5.74) is 0.424. The minimum absolute atomic E-state index is 0.0683. The van der Waals surface area contributed by atoms with E-state index in [1.165, 1.54) is 31.2 Å². The Morgan fingerprint density at radius 2 is 2.19 bits per heavy atom. The number of nitro groups is 1. The standard InChI is InChI=1S/C14H16N2O5/c1-3-15-14(18)10(2)21-13(17)8-7-11-5-4-6-12(9-11)16(19)20/h4-10H,3H2,1-2H3,(H,15,18)/b8-7+/t10-/m0/s1. The van der Waals surface area contributed by atoms with E-state index < -0.39 is 17.0 Å². The summed E-state index contributed by atoms with van der Waals surface area (Å²) in [7, 11) is 0. The zero-order chi connectivity index (χ0) is 15.8. The van der Waals surface area contributed by atoms with Crippen molar-refractivity contribution in [1.82, 2.24) is 5.32 Å². The first kappa shape index (κ1) is 16.4. The van der Waals surface area contributed by atoms with Crippen LogP contribution in [0.1, 0.15) is 19.4 Å². The third-order valence-corrected chi connectivity index (χ3v) is 2.51. The number of carbonyl (C=O) groups is 2. The molecule has 0 heterocycles. The number of carbonyl (C=O) groups excluding carboxylic acids is 2. The number of hydrogen-bond acceptors (Lipinski definition) is 5. The number of likely N-dealkylation sites (N-methyl/N-ethyl adjacent to an activating group) is 1. The summed E-state index contributed by atoms with van der Waals surface area (Å²) in [5.74, 6) is -1.07. The number of esters is 1. The van der Waals surface area contributed by atoms with Crippen LogP contribution in [0.3, 0.4) is 0 Å². The number of nitrogens with zero attached hydrogens (tertiary/aromatic N) is 1. The summed E-state index contributed by atoms with van der Waals surface area (Å²) >= 11 is 0. The Morgan fingerprint density at radius 1 is 1.48 bits per heavy atom. The molecule has 0 saturated heterocycles. The third kappa shape index (κ3) is 5.43. The summed E-state index contributed by atoms with van der Waals surface area (Å²) in [6.45, 7) is 3.67. The van der Waals surface area contributed by atoms with Crippen LogP contribution in [0.2, 0.25) is 0 Å². The van der Waals surface area contributed by atoms with Crippen molar-refractivity contribution in [2.45, 2.75) is 20.0 Å². The van der Waals surface area contributed by atoms with E-state index in [1.807, 2.05) is 0 Å². The van der Waals surface area contributed by atoms with E-state index in [4.69, 9.17) is 4.74 Å². The van der Waals surface area contributed by atoms with Crippen LogP contribution in [-0.2, 0) is 14.3 Å². The number of amides is 1. The molecule has 1 rings (SSSR count). The van der Waals surface area contributed by atoms with Gasteiger partial charge in [-0.3, -0.25) is 14.9 Å². The molecule has 1 amide bonds. The fourth-order valence-electron chi connectivity index (χ4n) is 1.49. The molecule has 0 radical (unpaired) electrons. The Hall–Kier alpha value is -2.70. The van der Waals surface area contributed by atoms with Gasteiger partial charge in [-0.05, 0) is 25.5 Å². The van der Waals surface area contributed by atoms with E-state index in [0.29, 0.717) is 12.1 Å². The Balaban J connectivity index is 2.64. The van der Waals surface area contributed by atoms with Crippen molar-refractivity contribution < 1.29 is 19.2 Å². The predicted molar refractivity (Wildman–Crippen MR) is 76.4 cm³/mol. The zero-order valence-corrected chi connectivity index (χ0v) is 11.7. The van der Waals surface area contributed by atoms with Gasteiger partial charge in [-0.2, -0.15) is 0 Å². The van der Waals surface area contributed by atoms with Crippen LogP contribution in [0, 0.1) is 10.1 Å². The Bertz CT molecular complexity index is 568. The summed E-state index contributed by atoms with van der Waals surface area (Å²) in [6, 6.07) is 5.81. The monoisotopic (exact) mass is 292 g/mol. The number of hydrogen-bond donors (Lipinski definition) is 1. The van der Waals surface area contributed by atoms with Crippen molar-refractivity contribution in [3.8, 4) is 0 Å². The molecule has 21 heavy (non-hydrogen) atoms. The molecule has 0 aliphatic rings. The van der Waals surface area contributed by atoms with E-state index in [-0.39, 0.29) is 11.6 Å². The van der Waals surface area contributed by atoms with Crippen LogP contribution >= 0.6 is 0 Å². The summed E-state index contributed by atoms with van der Waals surface area (Å²) < 4.78 is 4.89. The Labute approximate surface area is 121 Å². The van der Waals surface area contributed by atoms with Crippen LogP contribution in [0.15, 0.2) is 30.3 Å². The lowest BCUT2D eigenvalue weighted by Gasteiger charge is -2.10. The number of nitrogens with one attached hydrogen (secondary N) is 1. The highest BCUT2D eigenvalue weighted by Gasteiger charge is 2.15. The highest BCUT2D eigenvalue weighted by Crippen LogP contribution is 2.14. The highest BCUT2D eigenvalue weighted by molar-refractivity contribution is 5.90. The number of non-ortho nitro benzene ring substituents is 1. The molecule has 0 aliphatic heterocycles. The topological polar surface area (TPSA) is 98.5 Å². The molecule has 0 bridgehead atoms. The Morgan fingerprint density at radius 3 is 2.81 bits per heavy atom. The molecule has 0 saturated carbocycles. The largest absolute Gasteiger partial charge is 0.449 e. The van der Waals surface area contributed by atoms with E-state index in [1.54, 1.807) is 13.0 Å². The molecule has 112 valence electrons. The van der Waals surface area contributed by atoms with Gasteiger partial charge in [0.05, 0.1) is 4.92 Å². The smallest absolute Gasteiger partial charge is 0.331 e. The number of nitro benzene ring substituents is 1. The fraction of sp³-hybridized carbons (Fsp3) is 0.286. The maximum Gasteiger partial charge on any atom is 0.331 e. The molecule has 1 aromatic rings. The first-order valence-electron chi connectivity index (χ1n) is 6.35. The average Bonchev–Trinajstić information content (AvgIpc) is 2.45. The summed E-state index contributed by atoms with van der Waals surface area (Å²) in [6.07, 6.45) is 1.61. The van der Waals surface area contributed by atoms with Gasteiger partial charge in [-0.25, -0.2) is 4.79 Å². The van der Waals surface area contributed by atoms with Gasteiger partial charge in [0.1, 0.15) is 0 Å². The molecule has 7 nitrogen and oxygen atoms in total. The second kappa shape index (κ2) is 7.78. The van der Waals surface area contributed by atoms with Crippen molar-refractivity contribution in [1.29, 1.82) is 0 Å². The normalized spacial score (nSPS) is 11.9. The zero-order valence-electron chi connectivity index (χ0n) is 11.7. The predicted octanol–water partition coefficient (Wildman–Crippen LogP) is 1.68. The minimum Gasteiger partial charge on any atom is -0.449 e. The van der Waals surface area contributed by atoms with Crippen molar-refractivity contribution in [2.75, 3.05) is 6.54 Å². The van der Waals surface area contributed by atoms with Gasteiger partial charge in [0.2, 0.25) is 0 Å². The summed E-state index contributed by atoms with van der Waals surface area (Å²) in [5, 5.41) is 13.1.